The molecule has 0 unspecified atom stereocenters. The highest BCUT2D eigenvalue weighted by atomic mass is 79.9. The molecular weight excluding hydrogens is 1900 g/mol. The number of nitrogens with zero attached hydrogens (tertiary/aromatic N) is 3. The van der Waals surface area contributed by atoms with Crippen LogP contribution in [0.4, 0.5) is 70.5 Å². The Bertz CT molecular complexity index is 5810. The van der Waals surface area contributed by atoms with Crippen molar-refractivity contribution in [2.45, 2.75) is 189 Å². The van der Waals surface area contributed by atoms with E-state index < -0.39 is 17.1 Å². The van der Waals surface area contributed by atoms with Crippen molar-refractivity contribution in [1.29, 1.82) is 0 Å². The quantitative estimate of drug-likeness (QED) is 0.00734. The maximum atomic E-state index is 13.7. The van der Waals surface area contributed by atoms with E-state index in [1.807, 2.05) is 114 Å². The highest BCUT2D eigenvalue weighted by molar-refractivity contribution is 9.08. The van der Waals surface area contributed by atoms with Crippen molar-refractivity contribution in [3.05, 3.63) is 373 Å². The van der Waals surface area contributed by atoms with E-state index in [4.69, 9.17) is 32.5 Å². The van der Waals surface area contributed by atoms with Gasteiger partial charge < -0.3 is 45.9 Å². The predicted molar refractivity (Wildman–Crippen MR) is 552 cm³/mol. The number of fused-ring (bicyclic) bond motifs is 5. The van der Waals surface area contributed by atoms with Crippen LogP contribution in [0.25, 0.3) is 0 Å². The number of amides is 4. The summed E-state index contributed by atoms with van der Waals surface area (Å²) in [6.45, 7) is 34.2. The summed E-state index contributed by atoms with van der Waals surface area (Å²) < 4.78 is 101. The van der Waals surface area contributed by atoms with E-state index in [0.717, 1.165) is 153 Å². The molecule has 11 aromatic carbocycles. The maximum absolute atomic E-state index is 13.7. The molecule has 0 bridgehead atoms. The lowest BCUT2D eigenvalue weighted by atomic mass is 9.77. The smallest absolute Gasteiger partial charge is 0.337 e. The van der Waals surface area contributed by atoms with E-state index in [9.17, 15) is 64.3 Å². The number of esters is 2. The Morgan fingerprint density at radius 1 is 0.418 bits per heavy atom. The molecule has 141 heavy (non-hydrogen) atoms. The standard InChI is InChI=1S/C20H22FNO2.2C19H21FN2O2.2C11H12FNO.C11H14FN.C9H9BrO2.C6H6FN.C5H7ClO.CH4/c1-20(2)10-11-22(18-9-8-16(21)12-17(18)20)13-14-4-6-15(7-5-14)19(23)24-3;2*1-19(2)9-10-22(17-8-7-15(20)11-16(17)19)12-13-3-5-14(6-4-13)18(23)21-24;1-11(2)6-10(14)13-9-4-3-7(12)5-8(9)11;1-8(2)7-11(14)13-10-5-3-9(12)4-6-10;1-11(2)5-6-13-10-4-3-8(12)7-9(10)11;1-12-9(11)8-4-2-7(6-10)3-5-8;7-5-1-3-6(8)4-2-5;1-4(2)3-5(6)7;/h4-9,12H,10-11,13H2,1-3H3;2*3-8,11,24H,9-10,12H2,1-2H3,(H,21,23);3-5H,6H2,1-2H3,(H,13,14);3-7H,1-2H3,(H,13,14);3-4,7,13H,5-6H2,1-2H3;2-5H,6H2,1H3;1-4H,8H2;3H,1-2H3;1H4. The van der Waals surface area contributed by atoms with Gasteiger partial charge in [0.1, 0.15) is 40.7 Å². The number of ether oxygens (including phenoxy) is 2. The van der Waals surface area contributed by atoms with Crippen LogP contribution in [0.1, 0.15) is 228 Å². The molecule has 0 aliphatic carbocycles. The lowest BCUT2D eigenvalue weighted by Crippen LogP contribution is -2.37. The largest absolute Gasteiger partial charge is 0.465 e. The summed E-state index contributed by atoms with van der Waals surface area (Å²) in [6.07, 6.45) is 7.21. The minimum atomic E-state index is -0.526. The number of anilines is 7. The summed E-state index contributed by atoms with van der Waals surface area (Å²) in [5.74, 6) is -3.45. The number of nitrogens with two attached hydrogens (primary N) is 1. The lowest BCUT2D eigenvalue weighted by molar-refractivity contribution is -0.117. The predicted octanol–water partition coefficient (Wildman–Crippen LogP) is 25.8. The Morgan fingerprint density at radius 3 is 1.06 bits per heavy atom. The SMILES string of the molecule is C.CC(C)=CC(=O)Cl.CC(C)=CC(=O)Nc1ccc(F)cc1.CC1(C)CC(=O)Nc2ccc(F)cc21.CC1(C)CCN(Cc2ccc(C(=O)NO)cc2)c2ccc(F)cc21.CC1(C)CCN(Cc2ccc(C(=O)NO)cc2)c2ccc(F)cc21.CC1(C)CCNc2ccc(F)cc21.COC(=O)c1ccc(CBr)cc1.COC(=O)c1ccc(CN2CCC(C)(C)c3cc(F)ccc32)cc1.Nc1ccc(F)cc1. The Kier molecular flexibility index (Phi) is 42.8. The second kappa shape index (κ2) is 52.7. The van der Waals surface area contributed by atoms with Crippen LogP contribution >= 0.6 is 27.5 Å². The van der Waals surface area contributed by atoms with Gasteiger partial charge in [-0.1, -0.05) is 152 Å². The molecule has 5 heterocycles. The molecule has 5 aliphatic rings. The van der Waals surface area contributed by atoms with Crippen molar-refractivity contribution in [2.24, 2.45) is 0 Å². The molecule has 0 radical (unpaired) electrons. The third-order valence-corrected chi connectivity index (χ3v) is 24.7. The molecular formula is C112H128BrClF7N9O11. The molecule has 16 rings (SSSR count). The van der Waals surface area contributed by atoms with E-state index in [2.05, 4.69) is 107 Å². The fourth-order valence-corrected chi connectivity index (χ4v) is 16.5. The van der Waals surface area contributed by atoms with Gasteiger partial charge in [-0.2, -0.15) is 0 Å². The van der Waals surface area contributed by atoms with Crippen LogP contribution in [0.15, 0.2) is 260 Å². The molecule has 0 saturated heterocycles. The second-order valence-corrected chi connectivity index (χ2v) is 38.7. The van der Waals surface area contributed by atoms with Crippen molar-refractivity contribution < 1.29 is 84.2 Å². The molecule has 29 heteroatoms. The summed E-state index contributed by atoms with van der Waals surface area (Å²) in [5.41, 5.74) is 27.7. The number of allylic oxidation sites excluding steroid dienone is 3. The van der Waals surface area contributed by atoms with Crippen molar-refractivity contribution in [3.8, 4) is 0 Å². The zero-order chi connectivity index (χ0) is 103. The van der Waals surface area contributed by atoms with Gasteiger partial charge in [0.2, 0.25) is 17.1 Å². The second-order valence-electron chi connectivity index (χ2n) is 37.8. The van der Waals surface area contributed by atoms with Crippen molar-refractivity contribution >= 4 is 108 Å². The van der Waals surface area contributed by atoms with Gasteiger partial charge in [0, 0.05) is 120 Å². The van der Waals surface area contributed by atoms with Crippen LogP contribution in [0.3, 0.4) is 0 Å². The van der Waals surface area contributed by atoms with Crippen LogP contribution in [0.5, 0.6) is 0 Å². The number of carbonyl (C=O) groups is 7. The molecule has 11 aromatic rings. The summed E-state index contributed by atoms with van der Waals surface area (Å²) in [6, 6.07) is 64.7. The number of carbonyl (C=O) groups excluding carboxylic acids is 7. The topological polar surface area (TPSA) is 274 Å². The molecule has 20 nitrogen and oxygen atoms in total. The average molecular weight is 2020 g/mol. The molecule has 4 amide bonds. The summed E-state index contributed by atoms with van der Waals surface area (Å²) in [4.78, 5) is 84.5. The normalized spacial score (nSPS) is 14.3. The van der Waals surface area contributed by atoms with Gasteiger partial charge in [-0.05, 0) is 331 Å². The minimum Gasteiger partial charge on any atom is -0.465 e. The number of nitrogen functional groups attached to an aromatic ring is 1. The molecule has 0 atom stereocenters. The first-order valence-corrected chi connectivity index (χ1v) is 46.9. The van der Waals surface area contributed by atoms with Crippen LogP contribution < -0.4 is 47.3 Å². The molecule has 5 aliphatic heterocycles. The van der Waals surface area contributed by atoms with E-state index in [1.165, 1.54) is 111 Å². The molecule has 750 valence electrons. The number of alkyl halides is 1. The number of halogens is 9. The number of methoxy groups -OCH3 is 2. The first kappa shape index (κ1) is 115. The summed E-state index contributed by atoms with van der Waals surface area (Å²) >= 11 is 8.28. The zero-order valence-electron chi connectivity index (χ0n) is 81.8. The van der Waals surface area contributed by atoms with Crippen molar-refractivity contribution in [3.63, 3.8) is 0 Å². The van der Waals surface area contributed by atoms with Crippen molar-refractivity contribution in [1.82, 2.24) is 11.0 Å². The van der Waals surface area contributed by atoms with Gasteiger partial charge >= 0.3 is 11.9 Å². The number of hydroxylamine groups is 2. The number of hydrogen-bond acceptors (Lipinski definition) is 16. The number of rotatable bonds is 14. The van der Waals surface area contributed by atoms with Crippen LogP contribution in [-0.4, -0.2) is 91.6 Å². The van der Waals surface area contributed by atoms with Crippen LogP contribution in [0.2, 0.25) is 0 Å². The highest BCUT2D eigenvalue weighted by Crippen LogP contribution is 2.45. The van der Waals surface area contributed by atoms with Gasteiger partial charge in [-0.3, -0.25) is 34.4 Å². The molecule has 0 aromatic heterocycles. The first-order valence-electron chi connectivity index (χ1n) is 45.4. The highest BCUT2D eigenvalue weighted by Gasteiger charge is 2.37. The summed E-state index contributed by atoms with van der Waals surface area (Å²) in [5, 5.41) is 26.4. The van der Waals surface area contributed by atoms with E-state index in [0.29, 0.717) is 53.1 Å². The lowest BCUT2D eigenvalue weighted by Gasteiger charge is -2.40. The Hall–Kier alpha value is -13.4. The number of nitrogens with one attached hydrogen (secondary N) is 5. The molecule has 0 saturated carbocycles. The minimum absolute atomic E-state index is 0. The number of hydrogen-bond donors (Lipinski definition) is 8. The van der Waals surface area contributed by atoms with E-state index >= 15 is 0 Å². The average Bonchev–Trinajstić information content (AvgIpc) is 0.776. The first-order chi connectivity index (χ1) is 66.1. The third-order valence-electron chi connectivity index (χ3n) is 23.9. The molecule has 0 fully saturated rings. The maximum Gasteiger partial charge on any atom is 0.337 e. The van der Waals surface area contributed by atoms with Gasteiger partial charge in [0.15, 0.2) is 0 Å². The van der Waals surface area contributed by atoms with Gasteiger partial charge in [-0.15, -0.1) is 0 Å². The van der Waals surface area contributed by atoms with Gasteiger partial charge in [0.05, 0.1) is 25.3 Å². The zero-order valence-corrected chi connectivity index (χ0v) is 84.1. The number of benzene rings is 11. The molecule has 0 spiro atoms. The Balaban J connectivity index is 0.000000221. The van der Waals surface area contributed by atoms with Crippen molar-refractivity contribution in [2.75, 3.05) is 76.8 Å². The van der Waals surface area contributed by atoms with Gasteiger partial charge in [0.25, 0.3) is 11.8 Å². The molecule has 9 N–H and O–H groups in total. The van der Waals surface area contributed by atoms with Crippen LogP contribution in [0, 0.1) is 40.7 Å². The van der Waals surface area contributed by atoms with E-state index in [-0.39, 0.29) is 99.0 Å². The Morgan fingerprint density at radius 2 is 0.730 bits per heavy atom. The van der Waals surface area contributed by atoms with Crippen LogP contribution in [-0.2, 0) is 75.9 Å². The Labute approximate surface area is 836 Å². The fraction of sp³-hybridized carbons (Fsp3) is 0.312. The summed E-state index contributed by atoms with van der Waals surface area (Å²) in [7, 11) is 2.75. The van der Waals surface area contributed by atoms with E-state index in [1.54, 1.807) is 89.8 Å². The monoisotopic (exact) mass is 2020 g/mol. The third kappa shape index (κ3) is 34.8. The fourth-order valence-electron chi connectivity index (χ4n) is 15.9. The van der Waals surface area contributed by atoms with Gasteiger partial charge in [-0.25, -0.2) is 51.3 Å².